The summed E-state index contributed by atoms with van der Waals surface area (Å²) in [5.41, 5.74) is 3.25. The molecule has 0 aromatic heterocycles. The lowest BCUT2D eigenvalue weighted by Crippen LogP contribution is -2.37. The number of ether oxygens (including phenoxy) is 1. The maximum atomic E-state index is 13.4. The van der Waals surface area contributed by atoms with E-state index in [2.05, 4.69) is 6.07 Å². The average Bonchev–Trinajstić information content (AvgIpc) is 3.52. The summed E-state index contributed by atoms with van der Waals surface area (Å²) in [5.74, 6) is 0.745. The number of carbonyl (C=O) groups excluding carboxylic acids is 1. The van der Waals surface area contributed by atoms with Gasteiger partial charge in [0.05, 0.1) is 22.2 Å². The quantitative estimate of drug-likeness (QED) is 0.370. The first-order valence-electron chi connectivity index (χ1n) is 11.8. The first kappa shape index (κ1) is 22.9. The van der Waals surface area contributed by atoms with Crippen LogP contribution in [0.25, 0.3) is 6.08 Å². The van der Waals surface area contributed by atoms with E-state index in [1.807, 2.05) is 83.8 Å². The molecule has 1 saturated heterocycles. The van der Waals surface area contributed by atoms with Gasteiger partial charge in [0.25, 0.3) is 5.91 Å². The van der Waals surface area contributed by atoms with Crippen LogP contribution in [0, 0.1) is 11.3 Å². The van der Waals surface area contributed by atoms with Gasteiger partial charge in [-0.2, -0.15) is 5.26 Å². The standard InChI is InChI=1S/C29H25N3O2S/c30-19-22-8-4-5-9-23(22)20-34-26-16-14-21(15-17-26)18-27-28(33)32(25-12-6-7-13-25)29(35-27)31-24-10-2-1-3-11-24/h1-5,8-11,14-18,25H,6-7,12-13,20H2. The topological polar surface area (TPSA) is 65.7 Å². The van der Waals surface area contributed by atoms with Crippen molar-refractivity contribution >= 4 is 34.6 Å². The summed E-state index contributed by atoms with van der Waals surface area (Å²) in [4.78, 5) is 20.8. The van der Waals surface area contributed by atoms with Crippen LogP contribution in [-0.4, -0.2) is 22.0 Å². The summed E-state index contributed by atoms with van der Waals surface area (Å²) >= 11 is 1.44. The van der Waals surface area contributed by atoms with E-state index in [1.54, 1.807) is 6.07 Å². The molecule has 1 heterocycles. The number of amidine groups is 1. The predicted octanol–water partition coefficient (Wildman–Crippen LogP) is 6.68. The second-order valence-electron chi connectivity index (χ2n) is 8.58. The number of hydrogen-bond acceptors (Lipinski definition) is 5. The molecular weight excluding hydrogens is 454 g/mol. The second kappa shape index (κ2) is 10.6. The fraction of sp³-hybridized carbons (Fsp3) is 0.207. The zero-order valence-corrected chi connectivity index (χ0v) is 20.1. The third kappa shape index (κ3) is 5.31. The summed E-state index contributed by atoms with van der Waals surface area (Å²) in [6.07, 6.45) is 6.27. The summed E-state index contributed by atoms with van der Waals surface area (Å²) in [6.45, 7) is 0.328. The minimum absolute atomic E-state index is 0.0324. The van der Waals surface area contributed by atoms with Gasteiger partial charge in [-0.15, -0.1) is 0 Å². The lowest BCUT2D eigenvalue weighted by Gasteiger charge is -2.22. The maximum absolute atomic E-state index is 13.4. The van der Waals surface area contributed by atoms with Crippen molar-refractivity contribution in [1.29, 1.82) is 5.26 Å². The molecule has 0 spiro atoms. The number of nitriles is 1. The van der Waals surface area contributed by atoms with Crippen molar-refractivity contribution in [2.45, 2.75) is 38.3 Å². The Labute approximate surface area is 209 Å². The van der Waals surface area contributed by atoms with E-state index in [-0.39, 0.29) is 11.9 Å². The van der Waals surface area contributed by atoms with E-state index in [4.69, 9.17) is 9.73 Å². The molecular formula is C29H25N3O2S. The van der Waals surface area contributed by atoms with Crippen LogP contribution in [0.3, 0.4) is 0 Å². The minimum Gasteiger partial charge on any atom is -0.489 e. The van der Waals surface area contributed by atoms with Crippen molar-refractivity contribution in [3.05, 3.63) is 100 Å². The summed E-state index contributed by atoms with van der Waals surface area (Å²) in [7, 11) is 0. The number of benzene rings is 3. The number of rotatable bonds is 6. The number of hydrogen-bond donors (Lipinski definition) is 0. The predicted molar refractivity (Wildman–Crippen MR) is 140 cm³/mol. The van der Waals surface area contributed by atoms with Crippen LogP contribution in [0.15, 0.2) is 88.8 Å². The zero-order chi connectivity index (χ0) is 24.0. The molecule has 2 fully saturated rings. The summed E-state index contributed by atoms with van der Waals surface area (Å²) in [5, 5.41) is 10.0. The number of thioether (sulfide) groups is 1. The fourth-order valence-corrected chi connectivity index (χ4v) is 5.45. The fourth-order valence-electron chi connectivity index (χ4n) is 4.39. The van der Waals surface area contributed by atoms with Crippen molar-refractivity contribution in [3.63, 3.8) is 0 Å². The van der Waals surface area contributed by atoms with Crippen molar-refractivity contribution < 1.29 is 9.53 Å². The first-order chi connectivity index (χ1) is 17.2. The van der Waals surface area contributed by atoms with Gasteiger partial charge in [0.1, 0.15) is 12.4 Å². The Morgan fingerprint density at radius 3 is 2.46 bits per heavy atom. The zero-order valence-electron chi connectivity index (χ0n) is 19.3. The van der Waals surface area contributed by atoms with Gasteiger partial charge in [-0.05, 0) is 66.6 Å². The second-order valence-corrected chi connectivity index (χ2v) is 9.59. The molecule has 0 atom stereocenters. The molecule has 1 saturated carbocycles. The van der Waals surface area contributed by atoms with Gasteiger partial charge in [0.2, 0.25) is 0 Å². The molecule has 0 N–H and O–H groups in total. The molecule has 1 amide bonds. The van der Waals surface area contributed by atoms with E-state index in [1.165, 1.54) is 11.8 Å². The Morgan fingerprint density at radius 1 is 1.00 bits per heavy atom. The largest absolute Gasteiger partial charge is 0.489 e. The molecule has 1 aliphatic carbocycles. The highest BCUT2D eigenvalue weighted by Gasteiger charge is 2.39. The highest BCUT2D eigenvalue weighted by molar-refractivity contribution is 8.18. The number of carbonyl (C=O) groups is 1. The Kier molecular flexibility index (Phi) is 6.97. The van der Waals surface area contributed by atoms with Crippen LogP contribution < -0.4 is 4.74 Å². The molecule has 3 aromatic carbocycles. The Morgan fingerprint density at radius 2 is 1.71 bits per heavy atom. The molecule has 0 radical (unpaired) electrons. The summed E-state index contributed by atoms with van der Waals surface area (Å²) < 4.78 is 5.88. The molecule has 0 unspecified atom stereocenters. The SMILES string of the molecule is N#Cc1ccccc1COc1ccc(C=C2SC(=Nc3ccccc3)N(C3CCCC3)C2=O)cc1. The van der Waals surface area contributed by atoms with Gasteiger partial charge in [-0.25, -0.2) is 4.99 Å². The molecule has 5 nitrogen and oxygen atoms in total. The van der Waals surface area contributed by atoms with Gasteiger partial charge < -0.3 is 4.74 Å². The van der Waals surface area contributed by atoms with E-state index in [0.717, 1.165) is 47.7 Å². The number of nitrogens with zero attached hydrogens (tertiary/aromatic N) is 3. The molecule has 3 aromatic rings. The van der Waals surface area contributed by atoms with Crippen molar-refractivity contribution in [1.82, 2.24) is 4.90 Å². The van der Waals surface area contributed by atoms with Crippen LogP contribution >= 0.6 is 11.8 Å². The van der Waals surface area contributed by atoms with Crippen LogP contribution in [0.4, 0.5) is 5.69 Å². The Balaban J connectivity index is 1.33. The highest BCUT2D eigenvalue weighted by atomic mass is 32.2. The molecule has 1 aliphatic heterocycles. The summed E-state index contributed by atoms with van der Waals surface area (Å²) in [6, 6.07) is 27.3. The first-order valence-corrected chi connectivity index (χ1v) is 12.6. The van der Waals surface area contributed by atoms with Gasteiger partial charge in [-0.1, -0.05) is 61.4 Å². The molecule has 2 aliphatic rings. The molecule has 35 heavy (non-hydrogen) atoms. The van der Waals surface area contributed by atoms with Gasteiger partial charge in [-0.3, -0.25) is 9.69 Å². The van der Waals surface area contributed by atoms with Crippen LogP contribution in [0.2, 0.25) is 0 Å². The van der Waals surface area contributed by atoms with Crippen molar-refractivity contribution in [3.8, 4) is 11.8 Å². The normalized spacial score (nSPS) is 18.4. The molecule has 5 rings (SSSR count). The third-order valence-corrected chi connectivity index (χ3v) is 7.20. The lowest BCUT2D eigenvalue weighted by molar-refractivity contribution is -0.123. The monoisotopic (exact) mass is 479 g/mol. The molecule has 174 valence electrons. The third-order valence-electron chi connectivity index (χ3n) is 6.22. The smallest absolute Gasteiger partial charge is 0.267 e. The highest BCUT2D eigenvalue weighted by Crippen LogP contribution is 2.39. The Hall–Kier alpha value is -3.82. The lowest BCUT2D eigenvalue weighted by atomic mass is 10.1. The number of aliphatic imine (C=N–C) groups is 1. The van der Waals surface area contributed by atoms with Crippen LogP contribution in [0.1, 0.15) is 42.4 Å². The maximum Gasteiger partial charge on any atom is 0.267 e. The van der Waals surface area contributed by atoms with E-state index in [9.17, 15) is 10.1 Å². The number of para-hydroxylation sites is 1. The van der Waals surface area contributed by atoms with Crippen LogP contribution in [0.5, 0.6) is 5.75 Å². The average molecular weight is 480 g/mol. The van der Waals surface area contributed by atoms with E-state index >= 15 is 0 Å². The minimum atomic E-state index is 0.0324. The van der Waals surface area contributed by atoms with Crippen LogP contribution in [-0.2, 0) is 11.4 Å². The van der Waals surface area contributed by atoms with E-state index in [0.29, 0.717) is 22.8 Å². The molecule has 0 bridgehead atoms. The van der Waals surface area contributed by atoms with Gasteiger partial charge >= 0.3 is 0 Å². The van der Waals surface area contributed by atoms with E-state index < -0.39 is 0 Å². The molecule has 6 heteroatoms. The van der Waals surface area contributed by atoms with Crippen molar-refractivity contribution in [2.75, 3.05) is 0 Å². The Bertz CT molecular complexity index is 1300. The number of amides is 1. The van der Waals surface area contributed by atoms with Gasteiger partial charge in [0, 0.05) is 11.6 Å². The van der Waals surface area contributed by atoms with Crippen molar-refractivity contribution in [2.24, 2.45) is 4.99 Å². The van der Waals surface area contributed by atoms with Gasteiger partial charge in [0.15, 0.2) is 5.17 Å².